The summed E-state index contributed by atoms with van der Waals surface area (Å²) in [5, 5.41) is 4.75. The van der Waals surface area contributed by atoms with E-state index in [0.717, 1.165) is 11.5 Å². The molecule has 0 fully saturated rings. The van der Waals surface area contributed by atoms with E-state index in [1.165, 1.54) is 7.11 Å². The Morgan fingerprint density at radius 2 is 2.24 bits per heavy atom. The predicted octanol–water partition coefficient (Wildman–Crippen LogP) is 2.65. The van der Waals surface area contributed by atoms with Gasteiger partial charge in [0, 0.05) is 11.5 Å². The first-order chi connectivity index (χ1) is 7.83. The summed E-state index contributed by atoms with van der Waals surface area (Å²) in [6.45, 7) is 0. The molecule has 1 rings (SSSR count). The molecular formula is C5H4Cl3N4O3PS. The Labute approximate surface area is 114 Å². The van der Waals surface area contributed by atoms with Crippen LogP contribution >= 0.6 is 51.6 Å². The Hall–Kier alpha value is -0.400. The summed E-state index contributed by atoms with van der Waals surface area (Å²) in [7, 11) is 1.23. The summed E-state index contributed by atoms with van der Waals surface area (Å²) in [6, 6.07) is 0. The number of carbonyl (C=O) groups excluding carboxylic acids is 1. The number of aromatic nitrogens is 2. The molecule has 1 aromatic heterocycles. The second-order valence-electron chi connectivity index (χ2n) is 2.39. The monoisotopic (exact) mass is 336 g/mol. The predicted molar refractivity (Wildman–Crippen MR) is 67.3 cm³/mol. The van der Waals surface area contributed by atoms with Crippen LogP contribution < -0.4 is 5.09 Å². The van der Waals surface area contributed by atoms with E-state index in [2.05, 4.69) is 24.4 Å². The maximum atomic E-state index is 11.0. The van der Waals surface area contributed by atoms with E-state index in [1.54, 1.807) is 0 Å². The fourth-order valence-corrected chi connectivity index (χ4v) is 2.88. The quantitative estimate of drug-likeness (QED) is 0.384. The van der Waals surface area contributed by atoms with Gasteiger partial charge in [-0.1, -0.05) is 5.16 Å². The minimum Gasteiger partial charge on any atom is -0.398 e. The molecule has 1 heterocycles. The lowest BCUT2D eigenvalue weighted by molar-refractivity contribution is -0.106. The zero-order chi connectivity index (χ0) is 13.1. The third-order valence-corrected chi connectivity index (χ3v) is 3.17. The maximum absolute atomic E-state index is 11.0. The molecule has 0 saturated carbocycles. The lowest BCUT2D eigenvalue weighted by Gasteiger charge is -1.99. The SMILES string of the molecule is CO/N=C(\C(=O)Cl)c1nsc(NP(=O)(Cl)Cl)n1. The van der Waals surface area contributed by atoms with Crippen LogP contribution in [-0.2, 0) is 14.2 Å². The van der Waals surface area contributed by atoms with Crippen molar-refractivity contribution >= 4 is 67.7 Å². The second kappa shape index (κ2) is 5.97. The summed E-state index contributed by atoms with van der Waals surface area (Å²) in [5.74, 6) is -3.61. The third kappa shape index (κ3) is 4.77. The first-order valence-electron chi connectivity index (χ1n) is 3.76. The van der Waals surface area contributed by atoms with Gasteiger partial charge in [0.05, 0.1) is 0 Å². The average Bonchev–Trinajstić information content (AvgIpc) is 2.59. The number of carbonyl (C=O) groups is 1. The van der Waals surface area contributed by atoms with Gasteiger partial charge in [-0.2, -0.15) is 9.36 Å². The Morgan fingerprint density at radius 1 is 1.59 bits per heavy atom. The summed E-state index contributed by atoms with van der Waals surface area (Å²) in [4.78, 5) is 19.2. The van der Waals surface area contributed by atoms with Crippen molar-refractivity contribution in [2.45, 2.75) is 0 Å². The van der Waals surface area contributed by atoms with Crippen molar-refractivity contribution in [1.29, 1.82) is 0 Å². The van der Waals surface area contributed by atoms with Gasteiger partial charge in [-0.3, -0.25) is 14.4 Å². The van der Waals surface area contributed by atoms with E-state index >= 15 is 0 Å². The maximum Gasteiger partial charge on any atom is 0.345 e. The number of hydrogen-bond acceptors (Lipinski definition) is 7. The van der Waals surface area contributed by atoms with Crippen molar-refractivity contribution in [3.8, 4) is 0 Å². The van der Waals surface area contributed by atoms with Gasteiger partial charge >= 0.3 is 6.00 Å². The van der Waals surface area contributed by atoms with Gasteiger partial charge in [0.2, 0.25) is 16.7 Å². The zero-order valence-electron chi connectivity index (χ0n) is 8.06. The molecule has 0 unspecified atom stereocenters. The summed E-state index contributed by atoms with van der Waals surface area (Å²) < 4.78 is 14.8. The number of nitrogens with zero attached hydrogens (tertiary/aromatic N) is 3. The molecule has 0 amide bonds. The molecule has 0 aliphatic carbocycles. The lowest BCUT2D eigenvalue weighted by atomic mass is 10.4. The Kier molecular flexibility index (Phi) is 5.15. The van der Waals surface area contributed by atoms with Gasteiger partial charge in [-0.15, -0.1) is 0 Å². The van der Waals surface area contributed by atoms with Gasteiger partial charge in [0.1, 0.15) is 7.11 Å². The van der Waals surface area contributed by atoms with Crippen LogP contribution in [0, 0.1) is 0 Å². The standard InChI is InChI=1S/C5H4Cl3N4O3PS/c1-15-10-2(3(6)13)4-9-5(17-12-4)11-16(7,8)14/h1H3,(H,9,11,12,14)/b10-2+. The molecule has 7 nitrogen and oxygen atoms in total. The first-order valence-corrected chi connectivity index (χ1v) is 8.43. The van der Waals surface area contributed by atoms with Gasteiger partial charge < -0.3 is 4.84 Å². The molecule has 0 aromatic carbocycles. The highest BCUT2D eigenvalue weighted by Crippen LogP contribution is 2.55. The summed E-state index contributed by atoms with van der Waals surface area (Å²) in [6.07, 6.45) is 0. The number of halogens is 3. The van der Waals surface area contributed by atoms with Crippen LogP contribution in [0.5, 0.6) is 0 Å². The molecule has 0 spiro atoms. The van der Waals surface area contributed by atoms with Crippen molar-refractivity contribution < 1.29 is 14.2 Å². The summed E-state index contributed by atoms with van der Waals surface area (Å²) in [5.41, 5.74) is -0.280. The van der Waals surface area contributed by atoms with Crippen molar-refractivity contribution in [2.75, 3.05) is 12.2 Å². The van der Waals surface area contributed by atoms with Crippen molar-refractivity contribution in [1.82, 2.24) is 9.36 Å². The topological polar surface area (TPSA) is 93.5 Å². The van der Waals surface area contributed by atoms with Crippen LogP contribution in [0.25, 0.3) is 0 Å². The number of anilines is 1. The molecule has 12 heteroatoms. The van der Waals surface area contributed by atoms with Crippen molar-refractivity contribution in [3.05, 3.63) is 5.82 Å². The van der Waals surface area contributed by atoms with Crippen LogP contribution in [0.2, 0.25) is 0 Å². The van der Waals surface area contributed by atoms with Crippen LogP contribution in [0.4, 0.5) is 5.13 Å². The molecule has 94 valence electrons. The zero-order valence-corrected chi connectivity index (χ0v) is 12.0. The Bertz CT molecular complexity index is 500. The van der Waals surface area contributed by atoms with Gasteiger partial charge in [-0.05, 0) is 34.1 Å². The lowest BCUT2D eigenvalue weighted by Crippen LogP contribution is -2.11. The number of oxime groups is 1. The van der Waals surface area contributed by atoms with Gasteiger partial charge in [0.15, 0.2) is 0 Å². The Balaban J connectivity index is 2.97. The van der Waals surface area contributed by atoms with Gasteiger partial charge in [-0.25, -0.2) is 0 Å². The van der Waals surface area contributed by atoms with Gasteiger partial charge in [0.25, 0.3) is 5.24 Å². The van der Waals surface area contributed by atoms with E-state index in [4.69, 9.17) is 34.1 Å². The molecular weight excluding hydrogens is 333 g/mol. The van der Waals surface area contributed by atoms with E-state index in [-0.39, 0.29) is 16.7 Å². The molecule has 0 atom stereocenters. The second-order valence-corrected chi connectivity index (χ2v) is 8.01. The highest BCUT2D eigenvalue weighted by atomic mass is 35.9. The van der Waals surface area contributed by atoms with E-state index < -0.39 is 11.2 Å². The van der Waals surface area contributed by atoms with E-state index in [9.17, 15) is 9.36 Å². The van der Waals surface area contributed by atoms with Crippen LogP contribution in [0.3, 0.4) is 0 Å². The molecule has 1 N–H and O–H groups in total. The van der Waals surface area contributed by atoms with Crippen LogP contribution in [0.15, 0.2) is 5.16 Å². The van der Waals surface area contributed by atoms with E-state index in [1.807, 2.05) is 0 Å². The summed E-state index contributed by atoms with van der Waals surface area (Å²) >= 11 is 16.6. The first kappa shape index (κ1) is 14.7. The average molecular weight is 338 g/mol. The smallest absolute Gasteiger partial charge is 0.345 e. The van der Waals surface area contributed by atoms with Crippen molar-refractivity contribution in [2.24, 2.45) is 5.16 Å². The molecule has 0 aliphatic rings. The minimum atomic E-state index is -3.53. The molecule has 0 bridgehead atoms. The highest BCUT2D eigenvalue weighted by Gasteiger charge is 2.21. The normalized spacial score (nSPS) is 12.4. The van der Waals surface area contributed by atoms with E-state index in [0.29, 0.717) is 0 Å². The van der Waals surface area contributed by atoms with Crippen LogP contribution in [-0.4, -0.2) is 27.4 Å². The molecule has 0 radical (unpaired) electrons. The number of rotatable bonds is 5. The molecule has 1 aromatic rings. The largest absolute Gasteiger partial charge is 0.398 e. The van der Waals surface area contributed by atoms with Crippen LogP contribution in [0.1, 0.15) is 5.82 Å². The number of hydrogen-bond donors (Lipinski definition) is 1. The Morgan fingerprint density at radius 3 is 2.71 bits per heavy atom. The molecule has 17 heavy (non-hydrogen) atoms. The molecule has 0 aliphatic heterocycles. The fourth-order valence-electron chi connectivity index (χ4n) is 0.732. The third-order valence-electron chi connectivity index (χ3n) is 1.23. The fraction of sp³-hybridized carbons (Fsp3) is 0.200. The van der Waals surface area contributed by atoms with Crippen molar-refractivity contribution in [3.63, 3.8) is 0 Å². The molecule has 0 saturated heterocycles. The minimum absolute atomic E-state index is 0.0649. The number of nitrogens with one attached hydrogen (secondary N) is 1. The highest BCUT2D eigenvalue weighted by molar-refractivity contribution is 8.09.